The zero-order valence-electron chi connectivity index (χ0n) is 9.10. The van der Waals surface area contributed by atoms with E-state index in [9.17, 15) is 13.2 Å². The van der Waals surface area contributed by atoms with Crippen molar-refractivity contribution < 1.29 is 27.4 Å². The first-order chi connectivity index (χ1) is 7.90. The van der Waals surface area contributed by atoms with Crippen molar-refractivity contribution in [2.24, 2.45) is 0 Å². The Labute approximate surface area is 105 Å². The molecule has 0 amide bonds. The first kappa shape index (κ1) is 14.1. The highest BCUT2D eigenvalue weighted by atomic mass is 79.9. The molecule has 0 radical (unpaired) electrons. The number of hydrogen-bond donors (Lipinski definition) is 0. The van der Waals surface area contributed by atoms with E-state index >= 15 is 0 Å². The average Bonchev–Trinajstić information content (AvgIpc) is 2.24. The number of halogens is 4. The van der Waals surface area contributed by atoms with Gasteiger partial charge in [-0.3, -0.25) is 0 Å². The summed E-state index contributed by atoms with van der Waals surface area (Å²) in [5.74, 6) is 0.158. The molecule has 0 bridgehead atoms. The Bertz CT molecular complexity index is 393. The summed E-state index contributed by atoms with van der Waals surface area (Å²) in [4.78, 5) is 0. The van der Waals surface area contributed by atoms with Gasteiger partial charge in [0.15, 0.2) is 18.3 Å². The van der Waals surface area contributed by atoms with Crippen LogP contribution in [0.1, 0.15) is 5.56 Å². The van der Waals surface area contributed by atoms with Gasteiger partial charge in [-0.1, -0.05) is 0 Å². The molecule has 17 heavy (non-hydrogen) atoms. The van der Waals surface area contributed by atoms with Gasteiger partial charge in [0.05, 0.1) is 17.1 Å². The third kappa shape index (κ3) is 3.50. The van der Waals surface area contributed by atoms with Crippen LogP contribution in [0.2, 0.25) is 0 Å². The smallest absolute Gasteiger partial charge is 0.416 e. The number of ether oxygens (including phenoxy) is 3. The average molecular weight is 315 g/mol. The van der Waals surface area contributed by atoms with Gasteiger partial charge < -0.3 is 14.2 Å². The Balaban J connectivity index is 3.19. The summed E-state index contributed by atoms with van der Waals surface area (Å²) >= 11 is 3.00. The Morgan fingerprint density at radius 1 is 1.24 bits per heavy atom. The van der Waals surface area contributed by atoms with Gasteiger partial charge in [-0.2, -0.15) is 13.2 Å². The zero-order chi connectivity index (χ0) is 13.1. The fraction of sp³-hybridized carbons (Fsp3) is 0.400. The van der Waals surface area contributed by atoms with E-state index in [1.54, 1.807) is 0 Å². The van der Waals surface area contributed by atoms with Crippen molar-refractivity contribution in [3.05, 3.63) is 22.2 Å². The maximum absolute atomic E-state index is 12.6. The lowest BCUT2D eigenvalue weighted by molar-refractivity contribution is -0.137. The first-order valence-corrected chi connectivity index (χ1v) is 5.26. The van der Waals surface area contributed by atoms with E-state index in [0.29, 0.717) is 0 Å². The highest BCUT2D eigenvalue weighted by Gasteiger charge is 2.32. The lowest BCUT2D eigenvalue weighted by Crippen LogP contribution is -2.07. The zero-order valence-corrected chi connectivity index (χ0v) is 10.7. The Morgan fingerprint density at radius 2 is 1.88 bits per heavy atom. The van der Waals surface area contributed by atoms with Crippen molar-refractivity contribution in [1.82, 2.24) is 0 Å². The van der Waals surface area contributed by atoms with Gasteiger partial charge in [-0.15, -0.1) is 0 Å². The fourth-order valence-electron chi connectivity index (χ4n) is 1.16. The van der Waals surface area contributed by atoms with Gasteiger partial charge in [0.1, 0.15) is 0 Å². The second-order valence-corrected chi connectivity index (χ2v) is 3.89. The van der Waals surface area contributed by atoms with Gasteiger partial charge in [-0.25, -0.2) is 0 Å². The van der Waals surface area contributed by atoms with E-state index in [1.165, 1.54) is 14.2 Å². The van der Waals surface area contributed by atoms with Crippen molar-refractivity contribution >= 4 is 15.9 Å². The molecule has 1 aromatic carbocycles. The minimum atomic E-state index is -4.44. The lowest BCUT2D eigenvalue weighted by atomic mass is 10.2. The molecule has 0 unspecified atom stereocenters. The molecule has 96 valence electrons. The van der Waals surface area contributed by atoms with Crippen LogP contribution in [0.15, 0.2) is 16.6 Å². The Morgan fingerprint density at radius 3 is 2.35 bits per heavy atom. The summed E-state index contributed by atoms with van der Waals surface area (Å²) in [5.41, 5.74) is -0.823. The maximum Gasteiger partial charge on any atom is 0.416 e. The molecule has 0 aliphatic carbocycles. The van der Waals surface area contributed by atoms with E-state index in [2.05, 4.69) is 20.7 Å². The van der Waals surface area contributed by atoms with Crippen molar-refractivity contribution in [2.45, 2.75) is 6.18 Å². The maximum atomic E-state index is 12.6. The van der Waals surface area contributed by atoms with Crippen LogP contribution in [-0.2, 0) is 10.9 Å². The Hall–Kier alpha value is -0.950. The summed E-state index contributed by atoms with van der Waals surface area (Å²) in [6.07, 6.45) is -4.44. The first-order valence-electron chi connectivity index (χ1n) is 4.46. The van der Waals surface area contributed by atoms with Crippen molar-refractivity contribution in [1.29, 1.82) is 0 Å². The molecule has 0 aromatic heterocycles. The van der Waals surface area contributed by atoms with Gasteiger partial charge >= 0.3 is 6.18 Å². The van der Waals surface area contributed by atoms with E-state index in [0.717, 1.165) is 12.1 Å². The Kier molecular flexibility index (Phi) is 4.64. The summed E-state index contributed by atoms with van der Waals surface area (Å²) in [5, 5.41) is 0. The molecule has 0 spiro atoms. The fourth-order valence-corrected chi connectivity index (χ4v) is 1.76. The molecule has 0 atom stereocenters. The molecule has 1 rings (SSSR count). The summed E-state index contributed by atoms with van der Waals surface area (Å²) in [6, 6.07) is 1.79. The molecule has 7 heteroatoms. The van der Waals surface area contributed by atoms with E-state index in [-0.39, 0.29) is 22.8 Å². The molecule has 0 aliphatic heterocycles. The van der Waals surface area contributed by atoms with Crippen LogP contribution in [0.4, 0.5) is 13.2 Å². The lowest BCUT2D eigenvalue weighted by Gasteiger charge is -2.14. The number of rotatable bonds is 4. The molecular weight excluding hydrogens is 305 g/mol. The molecule has 0 saturated heterocycles. The summed E-state index contributed by atoms with van der Waals surface area (Å²) < 4.78 is 52.4. The molecule has 0 N–H and O–H groups in total. The molecule has 3 nitrogen and oxygen atoms in total. The van der Waals surface area contributed by atoms with Crippen LogP contribution >= 0.6 is 15.9 Å². The highest BCUT2D eigenvalue weighted by Crippen LogP contribution is 2.41. The third-order valence-corrected chi connectivity index (χ3v) is 2.46. The second-order valence-electron chi connectivity index (χ2n) is 3.04. The highest BCUT2D eigenvalue weighted by molar-refractivity contribution is 9.10. The van der Waals surface area contributed by atoms with E-state index < -0.39 is 11.7 Å². The van der Waals surface area contributed by atoms with Crippen molar-refractivity contribution in [3.8, 4) is 11.5 Å². The van der Waals surface area contributed by atoms with Gasteiger partial charge in [-0.05, 0) is 28.1 Å². The number of hydrogen-bond acceptors (Lipinski definition) is 3. The topological polar surface area (TPSA) is 27.7 Å². The summed E-state index contributed by atoms with van der Waals surface area (Å²) in [7, 11) is 2.71. The molecule has 0 heterocycles. The quantitative estimate of drug-likeness (QED) is 0.797. The van der Waals surface area contributed by atoms with Crippen molar-refractivity contribution in [2.75, 3.05) is 21.0 Å². The third-order valence-electron chi connectivity index (χ3n) is 1.87. The van der Waals surface area contributed by atoms with E-state index in [1.807, 2.05) is 0 Å². The SMILES string of the molecule is COCOc1cc(C(F)(F)F)cc(Br)c1OC. The molecular formula is C10H10BrF3O3. The van der Waals surface area contributed by atoms with Crippen LogP contribution < -0.4 is 9.47 Å². The van der Waals surface area contributed by atoms with Gasteiger partial charge in [0, 0.05) is 7.11 Å². The van der Waals surface area contributed by atoms with Crippen LogP contribution in [0.25, 0.3) is 0 Å². The minimum absolute atomic E-state index is 0.0314. The molecule has 0 saturated carbocycles. The number of alkyl halides is 3. The predicted molar refractivity (Wildman–Crippen MR) is 58.2 cm³/mol. The van der Waals surface area contributed by atoms with Crippen LogP contribution in [0, 0.1) is 0 Å². The molecule has 1 aromatic rings. The number of benzene rings is 1. The monoisotopic (exact) mass is 314 g/mol. The van der Waals surface area contributed by atoms with Gasteiger partial charge in [0.2, 0.25) is 0 Å². The van der Waals surface area contributed by atoms with Crippen LogP contribution in [0.5, 0.6) is 11.5 Å². The predicted octanol–water partition coefficient (Wildman–Crippen LogP) is 3.46. The van der Waals surface area contributed by atoms with E-state index in [4.69, 9.17) is 9.47 Å². The standard InChI is InChI=1S/C10H10BrF3O3/c1-15-5-17-8-4-6(10(12,13)14)3-7(11)9(8)16-2/h3-4H,5H2,1-2H3. The summed E-state index contributed by atoms with van der Waals surface area (Å²) in [6.45, 7) is -0.163. The number of methoxy groups -OCH3 is 2. The normalized spacial score (nSPS) is 11.4. The van der Waals surface area contributed by atoms with Crippen molar-refractivity contribution in [3.63, 3.8) is 0 Å². The molecule has 0 fully saturated rings. The van der Waals surface area contributed by atoms with Crippen LogP contribution in [-0.4, -0.2) is 21.0 Å². The largest absolute Gasteiger partial charge is 0.492 e. The second kappa shape index (κ2) is 5.59. The van der Waals surface area contributed by atoms with Gasteiger partial charge in [0.25, 0.3) is 0 Å². The van der Waals surface area contributed by atoms with Crippen LogP contribution in [0.3, 0.4) is 0 Å². The molecule has 0 aliphatic rings. The minimum Gasteiger partial charge on any atom is -0.492 e.